The number of hydrogen-bond donors (Lipinski definition) is 1. The van der Waals surface area contributed by atoms with E-state index in [9.17, 15) is 0 Å². The summed E-state index contributed by atoms with van der Waals surface area (Å²) in [6, 6.07) is 0. The van der Waals surface area contributed by atoms with Crippen molar-refractivity contribution in [3.63, 3.8) is 0 Å². The van der Waals surface area contributed by atoms with Gasteiger partial charge in [0, 0.05) is 20.1 Å². The Hall–Kier alpha value is -0.0200. The van der Waals surface area contributed by atoms with E-state index in [1.807, 2.05) is 0 Å². The van der Waals surface area contributed by atoms with Gasteiger partial charge in [0.15, 0.2) is 0 Å². The molecule has 0 aromatic heterocycles. The molecule has 0 atom stereocenters. The van der Waals surface area contributed by atoms with Crippen LogP contribution in [0, 0.1) is 0 Å². The number of quaternary nitrogens is 1. The summed E-state index contributed by atoms with van der Waals surface area (Å²) in [5.41, 5.74) is 3.72. The lowest BCUT2D eigenvalue weighted by molar-refractivity contribution is -0.369. The van der Waals surface area contributed by atoms with Crippen LogP contribution < -0.4 is 5.73 Å². The molecule has 80 valence electrons. The van der Waals surface area contributed by atoms with Crippen molar-refractivity contribution in [3.05, 3.63) is 0 Å². The van der Waals surface area contributed by atoms with E-state index in [0.29, 0.717) is 0 Å². The monoisotopic (exact) mass is 210 g/mol. The normalized spacial score (nSPS) is 9.46. The molecule has 0 bridgehead atoms. The molecule has 4 nitrogen and oxygen atoms in total. The zero-order valence-electron chi connectivity index (χ0n) is 8.62. The Balaban J connectivity index is 0. The highest BCUT2D eigenvalue weighted by molar-refractivity contribution is 7.17. The molecule has 0 aromatic rings. The van der Waals surface area contributed by atoms with Gasteiger partial charge in [0.05, 0.1) is 13.2 Å². The van der Waals surface area contributed by atoms with Crippen molar-refractivity contribution in [1.29, 1.82) is 0 Å². The van der Waals surface area contributed by atoms with Gasteiger partial charge in [-0.25, -0.2) is 4.57 Å². The minimum Gasteiger partial charge on any atom is -0.381 e. The molecule has 0 saturated carbocycles. The first-order valence-corrected chi connectivity index (χ1v) is 5.29. The van der Waals surface area contributed by atoms with E-state index < -0.39 is 0 Å². The van der Waals surface area contributed by atoms with E-state index in [-0.39, 0.29) is 8.69 Å². The molecule has 0 spiro atoms. The summed E-state index contributed by atoms with van der Waals surface area (Å²) in [7, 11) is 1.10. The van der Waals surface area contributed by atoms with Gasteiger partial charge in [0.1, 0.15) is 0 Å². The van der Waals surface area contributed by atoms with E-state index in [1.165, 1.54) is 20.0 Å². The predicted octanol–water partition coefficient (Wildman–Crippen LogP) is 1.27. The van der Waals surface area contributed by atoms with Gasteiger partial charge in [-0.05, 0) is 6.42 Å². The molecule has 0 aliphatic heterocycles. The SMILES string of the molecule is CCCCOCCC[NH3+].COP=O. The van der Waals surface area contributed by atoms with Crippen LogP contribution in [0.1, 0.15) is 26.2 Å². The van der Waals surface area contributed by atoms with E-state index in [2.05, 4.69) is 17.2 Å². The van der Waals surface area contributed by atoms with Gasteiger partial charge in [-0.3, -0.25) is 4.52 Å². The van der Waals surface area contributed by atoms with Gasteiger partial charge in [0.2, 0.25) is 0 Å². The molecule has 0 aromatic carbocycles. The Labute approximate surface area is 82.1 Å². The molecule has 0 rings (SSSR count). The van der Waals surface area contributed by atoms with Crippen molar-refractivity contribution in [2.75, 3.05) is 26.9 Å². The van der Waals surface area contributed by atoms with Crippen LogP contribution >= 0.6 is 8.69 Å². The third-order valence-electron chi connectivity index (χ3n) is 1.26. The highest BCUT2D eigenvalue weighted by atomic mass is 31.1. The fourth-order valence-electron chi connectivity index (χ4n) is 0.553. The van der Waals surface area contributed by atoms with Crippen molar-refractivity contribution in [2.45, 2.75) is 26.2 Å². The standard InChI is InChI=1S/C7H17NO.CH3O2P/c1-2-3-6-9-7-4-5-8;1-3-4-2/h2-8H2,1H3;1H3/p+1. The molecule has 0 amide bonds. The lowest BCUT2D eigenvalue weighted by atomic mass is 10.4. The van der Waals surface area contributed by atoms with Crippen molar-refractivity contribution >= 4 is 8.69 Å². The molecule has 0 unspecified atom stereocenters. The van der Waals surface area contributed by atoms with Gasteiger partial charge < -0.3 is 10.5 Å². The average Bonchev–Trinajstić information content (AvgIpc) is 2.18. The average molecular weight is 210 g/mol. The van der Waals surface area contributed by atoms with E-state index >= 15 is 0 Å². The van der Waals surface area contributed by atoms with Gasteiger partial charge in [0.25, 0.3) is 0 Å². The van der Waals surface area contributed by atoms with Crippen LogP contribution in [0.3, 0.4) is 0 Å². The smallest absolute Gasteiger partial charge is 0.327 e. The van der Waals surface area contributed by atoms with Crippen molar-refractivity contribution in [3.8, 4) is 0 Å². The van der Waals surface area contributed by atoms with Crippen LogP contribution in [-0.4, -0.2) is 26.9 Å². The maximum Gasteiger partial charge on any atom is 0.327 e. The lowest BCUT2D eigenvalue weighted by Gasteiger charge is -1.98. The molecular formula is C8H21NO3P+. The summed E-state index contributed by atoms with van der Waals surface area (Å²) in [6.07, 6.45) is 3.52. The van der Waals surface area contributed by atoms with Crippen molar-refractivity contribution in [1.82, 2.24) is 0 Å². The van der Waals surface area contributed by atoms with Crippen LogP contribution in [0.5, 0.6) is 0 Å². The van der Waals surface area contributed by atoms with Crippen molar-refractivity contribution in [2.24, 2.45) is 0 Å². The van der Waals surface area contributed by atoms with Crippen LogP contribution in [0.4, 0.5) is 0 Å². The lowest BCUT2D eigenvalue weighted by Crippen LogP contribution is -2.50. The highest BCUT2D eigenvalue weighted by Crippen LogP contribution is 1.87. The fraction of sp³-hybridized carbons (Fsp3) is 1.00. The molecular weight excluding hydrogens is 189 g/mol. The fourth-order valence-corrected chi connectivity index (χ4v) is 0.553. The number of ether oxygens (including phenoxy) is 1. The number of unbranched alkanes of at least 4 members (excludes halogenated alkanes) is 1. The molecule has 0 aliphatic carbocycles. The third-order valence-corrected chi connectivity index (χ3v) is 1.40. The second kappa shape index (κ2) is 17.9. The maximum absolute atomic E-state index is 9.05. The molecule has 0 aliphatic rings. The summed E-state index contributed by atoms with van der Waals surface area (Å²) >= 11 is 0. The molecule has 3 N–H and O–H groups in total. The minimum atomic E-state index is -0.252. The first kappa shape index (κ1) is 15.5. The Morgan fingerprint density at radius 2 is 1.85 bits per heavy atom. The Morgan fingerprint density at radius 3 is 2.23 bits per heavy atom. The maximum atomic E-state index is 9.05. The largest absolute Gasteiger partial charge is 0.381 e. The first-order valence-electron chi connectivity index (χ1n) is 4.56. The zero-order valence-corrected chi connectivity index (χ0v) is 9.52. The summed E-state index contributed by atoms with van der Waals surface area (Å²) < 4.78 is 18.3. The Kier molecular flexibility index (Phi) is 21.3. The predicted molar refractivity (Wildman–Crippen MR) is 52.7 cm³/mol. The zero-order chi connectivity index (χ0) is 10.4. The molecule has 5 heteroatoms. The Morgan fingerprint density at radius 1 is 1.31 bits per heavy atom. The van der Waals surface area contributed by atoms with Gasteiger partial charge in [-0.1, -0.05) is 13.3 Å². The third kappa shape index (κ3) is 24.5. The summed E-state index contributed by atoms with van der Waals surface area (Å²) in [4.78, 5) is 0. The van der Waals surface area contributed by atoms with Gasteiger partial charge in [-0.15, -0.1) is 0 Å². The van der Waals surface area contributed by atoms with Crippen LogP contribution in [0.25, 0.3) is 0 Å². The second-order valence-electron chi connectivity index (χ2n) is 2.43. The molecule has 0 saturated heterocycles. The van der Waals surface area contributed by atoms with Crippen LogP contribution in [0.15, 0.2) is 0 Å². The first-order chi connectivity index (χ1) is 6.33. The molecule has 13 heavy (non-hydrogen) atoms. The van der Waals surface area contributed by atoms with Crippen molar-refractivity contribution < 1.29 is 19.6 Å². The molecule has 0 radical (unpaired) electrons. The number of hydrogen-bond acceptors (Lipinski definition) is 3. The van der Waals surface area contributed by atoms with E-state index in [1.54, 1.807) is 0 Å². The van der Waals surface area contributed by atoms with Crippen LogP contribution in [0.2, 0.25) is 0 Å². The quantitative estimate of drug-likeness (QED) is 0.508. The Bertz CT molecular complexity index is 87.5. The topological polar surface area (TPSA) is 63.2 Å². The highest BCUT2D eigenvalue weighted by Gasteiger charge is 1.85. The van der Waals surface area contributed by atoms with Gasteiger partial charge >= 0.3 is 8.69 Å². The number of rotatable bonds is 7. The summed E-state index contributed by atoms with van der Waals surface area (Å²) in [5.74, 6) is 0. The van der Waals surface area contributed by atoms with E-state index in [0.717, 1.165) is 26.2 Å². The van der Waals surface area contributed by atoms with E-state index in [4.69, 9.17) is 9.30 Å². The minimum absolute atomic E-state index is 0.252. The summed E-state index contributed by atoms with van der Waals surface area (Å²) in [6.45, 7) is 4.98. The van der Waals surface area contributed by atoms with Gasteiger partial charge in [-0.2, -0.15) is 0 Å². The van der Waals surface area contributed by atoms with Crippen LogP contribution in [-0.2, 0) is 13.8 Å². The second-order valence-corrected chi connectivity index (χ2v) is 2.94. The molecule has 0 heterocycles. The molecule has 0 fully saturated rings. The summed E-state index contributed by atoms with van der Waals surface area (Å²) in [5, 5.41) is 0.